The van der Waals surface area contributed by atoms with E-state index in [1.807, 2.05) is 0 Å². The number of hydrogen-bond acceptors (Lipinski definition) is 0. The van der Waals surface area contributed by atoms with Crippen LogP contribution in [0.5, 0.6) is 0 Å². The molecule has 0 heterocycles. The molecule has 2 saturated carbocycles. The van der Waals surface area contributed by atoms with Crippen LogP contribution in [0.4, 0.5) is 0 Å². The highest BCUT2D eigenvalue weighted by molar-refractivity contribution is 4.81. The Labute approximate surface area is 149 Å². The Morgan fingerprint density at radius 2 is 0.870 bits per heavy atom. The molecule has 0 saturated heterocycles. The summed E-state index contributed by atoms with van der Waals surface area (Å²) < 4.78 is 0. The lowest BCUT2D eigenvalue weighted by molar-refractivity contribution is 0.235. The van der Waals surface area contributed by atoms with Crippen LogP contribution in [-0.2, 0) is 0 Å². The minimum absolute atomic E-state index is 0. The normalized spacial score (nSPS) is 30.8. The molecule has 0 radical (unpaired) electrons. The van der Waals surface area contributed by atoms with Gasteiger partial charge in [0.05, 0.1) is 0 Å². The summed E-state index contributed by atoms with van der Waals surface area (Å²) in [6.45, 7) is 19.0. The van der Waals surface area contributed by atoms with Gasteiger partial charge >= 0.3 is 0 Å². The van der Waals surface area contributed by atoms with Crippen molar-refractivity contribution in [1.29, 1.82) is 0 Å². The molecule has 4 unspecified atom stereocenters. The monoisotopic (exact) mass is 324 g/mol. The molecule has 2 rings (SSSR count). The fourth-order valence-electron chi connectivity index (χ4n) is 4.94. The molecule has 0 aromatic carbocycles. The zero-order chi connectivity index (χ0) is 16.9. The van der Waals surface area contributed by atoms with Gasteiger partial charge in [-0.05, 0) is 79.4 Å². The zero-order valence-electron chi connectivity index (χ0n) is 16.9. The minimum Gasteiger partial charge on any atom is -0.0776 e. The fraction of sp³-hybridized carbons (Fsp3) is 1.00. The Morgan fingerprint density at radius 1 is 0.522 bits per heavy atom. The lowest BCUT2D eigenvalue weighted by Gasteiger charge is -2.26. The van der Waals surface area contributed by atoms with E-state index in [-0.39, 0.29) is 7.43 Å². The molecule has 0 bridgehead atoms. The van der Waals surface area contributed by atoms with Gasteiger partial charge in [0, 0.05) is 0 Å². The van der Waals surface area contributed by atoms with Crippen molar-refractivity contribution in [3.63, 3.8) is 0 Å². The van der Waals surface area contributed by atoms with Gasteiger partial charge in [-0.3, -0.25) is 0 Å². The summed E-state index contributed by atoms with van der Waals surface area (Å²) in [7, 11) is 0. The Morgan fingerprint density at radius 3 is 1.09 bits per heavy atom. The fourth-order valence-corrected chi connectivity index (χ4v) is 4.94. The van der Waals surface area contributed by atoms with Gasteiger partial charge in [-0.15, -0.1) is 0 Å². The lowest BCUT2D eigenvalue weighted by Crippen LogP contribution is -2.18. The Kier molecular flexibility index (Phi) is 10.8. The van der Waals surface area contributed by atoms with E-state index in [9.17, 15) is 0 Å². The molecule has 0 heteroatoms. The molecule has 2 fully saturated rings. The molecule has 0 N–H and O–H groups in total. The van der Waals surface area contributed by atoms with Crippen LogP contribution < -0.4 is 0 Å². The Hall–Kier alpha value is 0. The topological polar surface area (TPSA) is 0 Å². The van der Waals surface area contributed by atoms with Crippen LogP contribution in [0.25, 0.3) is 0 Å². The quantitative estimate of drug-likeness (QED) is 0.490. The van der Waals surface area contributed by atoms with Crippen LogP contribution in [0, 0.1) is 47.3 Å². The molecular formula is C23H48. The van der Waals surface area contributed by atoms with Gasteiger partial charge in [0.15, 0.2) is 0 Å². The maximum atomic E-state index is 2.38. The van der Waals surface area contributed by atoms with Crippen LogP contribution in [0.3, 0.4) is 0 Å². The summed E-state index contributed by atoms with van der Waals surface area (Å²) in [5, 5.41) is 0. The van der Waals surface area contributed by atoms with Gasteiger partial charge in [0.25, 0.3) is 0 Å². The highest BCUT2D eigenvalue weighted by atomic mass is 14.4. The SMILES string of the molecule is C.CC(C)C1CCC(C(C)C)C1.CC(C)C1CCCC1C(C)C. The van der Waals surface area contributed by atoms with Crippen LogP contribution in [-0.4, -0.2) is 0 Å². The van der Waals surface area contributed by atoms with Crippen molar-refractivity contribution in [1.82, 2.24) is 0 Å². The summed E-state index contributed by atoms with van der Waals surface area (Å²) in [6.07, 6.45) is 8.92. The van der Waals surface area contributed by atoms with Crippen molar-refractivity contribution >= 4 is 0 Å². The summed E-state index contributed by atoms with van der Waals surface area (Å²) in [4.78, 5) is 0. The van der Waals surface area contributed by atoms with E-state index in [0.29, 0.717) is 0 Å². The molecule has 4 atom stereocenters. The van der Waals surface area contributed by atoms with E-state index in [4.69, 9.17) is 0 Å². The van der Waals surface area contributed by atoms with E-state index in [1.165, 1.54) is 38.5 Å². The minimum atomic E-state index is 0. The molecule has 0 nitrogen and oxygen atoms in total. The van der Waals surface area contributed by atoms with E-state index in [1.54, 1.807) is 0 Å². The van der Waals surface area contributed by atoms with Crippen LogP contribution in [0.1, 0.15) is 101 Å². The highest BCUT2D eigenvalue weighted by Crippen LogP contribution is 2.41. The molecule has 0 spiro atoms. The van der Waals surface area contributed by atoms with Crippen LogP contribution in [0.15, 0.2) is 0 Å². The summed E-state index contributed by atoms with van der Waals surface area (Å²) in [5.74, 6) is 7.75. The molecule has 0 aliphatic heterocycles. The molecule has 0 aromatic heterocycles. The second kappa shape index (κ2) is 10.8. The van der Waals surface area contributed by atoms with Crippen LogP contribution >= 0.6 is 0 Å². The highest BCUT2D eigenvalue weighted by Gasteiger charge is 2.31. The Balaban J connectivity index is 0.000000403. The van der Waals surface area contributed by atoms with Gasteiger partial charge in [-0.1, -0.05) is 69.2 Å². The van der Waals surface area contributed by atoms with E-state index in [0.717, 1.165) is 47.3 Å². The lowest BCUT2D eigenvalue weighted by atomic mass is 9.80. The smallest absolute Gasteiger partial charge is 0.0360 e. The first kappa shape index (κ1) is 23.0. The van der Waals surface area contributed by atoms with Crippen molar-refractivity contribution in [3.8, 4) is 0 Å². The average Bonchev–Trinajstić information content (AvgIpc) is 3.09. The number of hydrogen-bond donors (Lipinski definition) is 0. The van der Waals surface area contributed by atoms with E-state index >= 15 is 0 Å². The second-order valence-electron chi connectivity index (χ2n) is 9.57. The summed E-state index contributed by atoms with van der Waals surface area (Å²) in [6, 6.07) is 0. The molecule has 0 aromatic rings. The maximum Gasteiger partial charge on any atom is -0.0360 e. The first-order chi connectivity index (χ1) is 10.2. The van der Waals surface area contributed by atoms with E-state index < -0.39 is 0 Å². The zero-order valence-corrected chi connectivity index (χ0v) is 16.9. The predicted octanol–water partition coefficient (Wildman–Crippen LogP) is 8.07. The molecular weight excluding hydrogens is 276 g/mol. The third kappa shape index (κ3) is 7.18. The van der Waals surface area contributed by atoms with Crippen LogP contribution in [0.2, 0.25) is 0 Å². The first-order valence-corrected chi connectivity index (χ1v) is 10.2. The van der Waals surface area contributed by atoms with Crippen molar-refractivity contribution < 1.29 is 0 Å². The molecule has 23 heavy (non-hydrogen) atoms. The molecule has 0 amide bonds. The standard InChI is InChI=1S/2C11H22.CH4/c1-8(2)10-5-6-11(7-10)9(3)4;1-8(2)10-6-5-7-11(10)9(3)4;/h2*8-11H,5-7H2,1-4H3;1H4. The molecule has 140 valence electrons. The maximum absolute atomic E-state index is 2.38. The molecule has 2 aliphatic carbocycles. The van der Waals surface area contributed by atoms with Gasteiger partial charge in [0.2, 0.25) is 0 Å². The third-order valence-corrected chi connectivity index (χ3v) is 6.74. The molecule has 2 aliphatic rings. The van der Waals surface area contributed by atoms with Gasteiger partial charge in [-0.2, -0.15) is 0 Å². The second-order valence-corrected chi connectivity index (χ2v) is 9.57. The predicted molar refractivity (Wildman–Crippen MR) is 108 cm³/mol. The Bertz CT molecular complexity index is 258. The largest absolute Gasteiger partial charge is 0.0776 e. The first-order valence-electron chi connectivity index (χ1n) is 10.2. The summed E-state index contributed by atoms with van der Waals surface area (Å²) in [5.41, 5.74) is 0. The van der Waals surface area contributed by atoms with Gasteiger partial charge in [-0.25, -0.2) is 0 Å². The van der Waals surface area contributed by atoms with Crippen molar-refractivity contribution in [2.75, 3.05) is 0 Å². The van der Waals surface area contributed by atoms with Gasteiger partial charge in [0.1, 0.15) is 0 Å². The van der Waals surface area contributed by atoms with Crippen molar-refractivity contribution in [2.24, 2.45) is 47.3 Å². The number of rotatable bonds is 4. The average molecular weight is 325 g/mol. The third-order valence-electron chi connectivity index (χ3n) is 6.74. The summed E-state index contributed by atoms with van der Waals surface area (Å²) >= 11 is 0. The van der Waals surface area contributed by atoms with Gasteiger partial charge < -0.3 is 0 Å². The van der Waals surface area contributed by atoms with Crippen molar-refractivity contribution in [2.45, 2.75) is 101 Å². The van der Waals surface area contributed by atoms with E-state index in [2.05, 4.69) is 55.4 Å². The van der Waals surface area contributed by atoms with Crippen molar-refractivity contribution in [3.05, 3.63) is 0 Å².